The zero-order chi connectivity index (χ0) is 17.0. The van der Waals surface area contributed by atoms with E-state index in [-0.39, 0.29) is 11.9 Å². The second kappa shape index (κ2) is 7.07. The molecule has 2 rings (SSSR count). The maximum absolute atomic E-state index is 13.8. The number of hydrogen-bond acceptors (Lipinski definition) is 1. The zero-order valence-electron chi connectivity index (χ0n) is 13.7. The lowest BCUT2D eigenvalue weighted by molar-refractivity contribution is -0.117. The predicted molar refractivity (Wildman–Crippen MR) is 88.3 cm³/mol. The third-order valence-electron chi connectivity index (χ3n) is 4.31. The molecule has 0 aliphatic heterocycles. The summed E-state index contributed by atoms with van der Waals surface area (Å²) in [6.45, 7) is 5.97. The Morgan fingerprint density at radius 2 is 1.83 bits per heavy atom. The summed E-state index contributed by atoms with van der Waals surface area (Å²) in [6.07, 6.45) is 5.89. The van der Waals surface area contributed by atoms with Crippen molar-refractivity contribution < 1.29 is 13.6 Å². The number of benzene rings is 1. The van der Waals surface area contributed by atoms with Gasteiger partial charge in [0.15, 0.2) is 0 Å². The zero-order valence-corrected chi connectivity index (χ0v) is 13.7. The molecule has 1 amide bonds. The van der Waals surface area contributed by atoms with Crippen LogP contribution >= 0.6 is 0 Å². The molecule has 0 saturated heterocycles. The Balaban J connectivity index is 1.89. The predicted octanol–water partition coefficient (Wildman–Crippen LogP) is 4.31. The van der Waals surface area contributed by atoms with Gasteiger partial charge in [0.2, 0.25) is 5.91 Å². The van der Waals surface area contributed by atoms with E-state index >= 15 is 0 Å². The molecule has 1 N–H and O–H groups in total. The highest BCUT2D eigenvalue weighted by molar-refractivity contribution is 5.87. The molecule has 3 atom stereocenters. The van der Waals surface area contributed by atoms with Crippen molar-refractivity contribution in [1.29, 1.82) is 0 Å². The fourth-order valence-electron chi connectivity index (χ4n) is 2.45. The summed E-state index contributed by atoms with van der Waals surface area (Å²) >= 11 is 0. The quantitative estimate of drug-likeness (QED) is 0.614. The Kier molecular flexibility index (Phi) is 5.34. The van der Waals surface area contributed by atoms with Crippen molar-refractivity contribution in [1.82, 2.24) is 5.32 Å². The number of carbonyl (C=O) groups excluding carboxylic acids is 1. The Morgan fingerprint density at radius 3 is 2.43 bits per heavy atom. The van der Waals surface area contributed by atoms with Crippen LogP contribution in [-0.4, -0.2) is 17.9 Å². The molecular weight excluding hydrogens is 296 g/mol. The molecule has 2 nitrogen and oxygen atoms in total. The average molecular weight is 319 g/mol. The minimum atomic E-state index is -2.71. The van der Waals surface area contributed by atoms with Crippen LogP contribution in [0.2, 0.25) is 0 Å². The van der Waals surface area contributed by atoms with Crippen LogP contribution in [0, 0.1) is 11.8 Å². The lowest BCUT2D eigenvalue weighted by atomic mass is 10.1. The van der Waals surface area contributed by atoms with Crippen LogP contribution in [0.1, 0.15) is 32.3 Å². The molecular formula is C19H23F2NO. The first-order chi connectivity index (χ1) is 10.8. The smallest absolute Gasteiger partial charge is 0.262 e. The number of nitrogens with one attached hydrogen (secondary N) is 1. The van der Waals surface area contributed by atoms with Gasteiger partial charge < -0.3 is 5.32 Å². The second-order valence-electron chi connectivity index (χ2n) is 6.37. The van der Waals surface area contributed by atoms with Gasteiger partial charge in [-0.3, -0.25) is 4.79 Å². The summed E-state index contributed by atoms with van der Waals surface area (Å²) in [5.74, 6) is -4.13. The van der Waals surface area contributed by atoms with Gasteiger partial charge in [-0.25, -0.2) is 8.78 Å². The number of rotatable bonds is 6. The lowest BCUT2D eigenvalue weighted by Crippen LogP contribution is -2.34. The second-order valence-corrected chi connectivity index (χ2v) is 6.37. The van der Waals surface area contributed by atoms with Crippen molar-refractivity contribution in [3.05, 3.63) is 60.2 Å². The van der Waals surface area contributed by atoms with E-state index in [1.165, 1.54) is 24.3 Å². The molecule has 0 radical (unpaired) electrons. The largest absolute Gasteiger partial charge is 0.350 e. The van der Waals surface area contributed by atoms with Crippen molar-refractivity contribution in [3.8, 4) is 0 Å². The first-order valence-electron chi connectivity index (χ1n) is 7.92. The molecule has 1 aliphatic rings. The van der Waals surface area contributed by atoms with E-state index in [0.717, 1.165) is 0 Å². The molecule has 0 spiro atoms. The summed E-state index contributed by atoms with van der Waals surface area (Å²) in [6, 6.07) is 8.88. The van der Waals surface area contributed by atoms with E-state index in [9.17, 15) is 13.6 Å². The van der Waals surface area contributed by atoms with Gasteiger partial charge in [0.25, 0.3) is 5.92 Å². The number of amides is 1. The Labute approximate surface area is 136 Å². The first-order valence-corrected chi connectivity index (χ1v) is 7.92. The normalized spacial score (nSPS) is 24.3. The summed E-state index contributed by atoms with van der Waals surface area (Å²) < 4.78 is 27.7. The minimum absolute atomic E-state index is 0.0753. The highest BCUT2D eigenvalue weighted by Crippen LogP contribution is 2.62. The molecule has 0 aromatic heterocycles. The van der Waals surface area contributed by atoms with Gasteiger partial charge >= 0.3 is 0 Å². The fraction of sp³-hybridized carbons (Fsp3) is 0.421. The number of halogens is 2. The lowest BCUT2D eigenvalue weighted by Gasteiger charge is -2.15. The summed E-state index contributed by atoms with van der Waals surface area (Å²) in [7, 11) is 0. The van der Waals surface area contributed by atoms with Crippen LogP contribution < -0.4 is 5.32 Å². The first kappa shape index (κ1) is 17.4. The Hall–Kier alpha value is -1.97. The molecule has 124 valence electrons. The fourth-order valence-corrected chi connectivity index (χ4v) is 2.45. The van der Waals surface area contributed by atoms with Gasteiger partial charge in [0.05, 0.1) is 11.8 Å². The van der Waals surface area contributed by atoms with Gasteiger partial charge in [0.1, 0.15) is 0 Å². The van der Waals surface area contributed by atoms with Gasteiger partial charge in [-0.2, -0.15) is 0 Å². The van der Waals surface area contributed by atoms with Crippen LogP contribution in [0.15, 0.2) is 54.6 Å². The Morgan fingerprint density at radius 1 is 1.17 bits per heavy atom. The molecule has 3 unspecified atom stereocenters. The van der Waals surface area contributed by atoms with Crippen LogP contribution in [-0.2, 0) is 4.79 Å². The van der Waals surface area contributed by atoms with Gasteiger partial charge in [0, 0.05) is 12.1 Å². The molecule has 4 heteroatoms. The average Bonchev–Trinajstić information content (AvgIpc) is 3.05. The minimum Gasteiger partial charge on any atom is -0.350 e. The third-order valence-corrected chi connectivity index (χ3v) is 4.31. The SMILES string of the molecule is CC(C)C(C)NC(=O)C=CC=CC1C(c2ccccc2)C1(F)F. The van der Waals surface area contributed by atoms with E-state index in [1.807, 2.05) is 26.8 Å². The summed E-state index contributed by atoms with van der Waals surface area (Å²) in [5.41, 5.74) is 0.652. The molecule has 1 saturated carbocycles. The molecule has 1 aliphatic carbocycles. The molecule has 1 aromatic rings. The number of allylic oxidation sites excluding steroid dienone is 3. The van der Waals surface area contributed by atoms with E-state index in [1.54, 1.807) is 24.3 Å². The molecule has 0 heterocycles. The number of hydrogen-bond donors (Lipinski definition) is 1. The van der Waals surface area contributed by atoms with Crippen molar-refractivity contribution in [2.45, 2.75) is 38.7 Å². The number of alkyl halides is 2. The number of carbonyl (C=O) groups is 1. The third kappa shape index (κ3) is 4.27. The van der Waals surface area contributed by atoms with E-state index in [2.05, 4.69) is 5.32 Å². The topological polar surface area (TPSA) is 29.1 Å². The molecule has 23 heavy (non-hydrogen) atoms. The van der Waals surface area contributed by atoms with E-state index in [0.29, 0.717) is 11.5 Å². The standard InChI is InChI=1S/C19H23F2NO/c1-13(2)14(3)22-17(23)12-8-7-11-16-18(19(16,20)21)15-9-5-4-6-10-15/h4-14,16,18H,1-3H3,(H,22,23). The van der Waals surface area contributed by atoms with Crippen molar-refractivity contribution in [2.24, 2.45) is 11.8 Å². The van der Waals surface area contributed by atoms with E-state index < -0.39 is 17.8 Å². The van der Waals surface area contributed by atoms with Gasteiger partial charge in [-0.1, -0.05) is 62.4 Å². The maximum Gasteiger partial charge on any atom is 0.262 e. The summed E-state index contributed by atoms with van der Waals surface area (Å²) in [5, 5.41) is 2.83. The summed E-state index contributed by atoms with van der Waals surface area (Å²) in [4.78, 5) is 11.7. The van der Waals surface area contributed by atoms with Gasteiger partial charge in [-0.15, -0.1) is 0 Å². The van der Waals surface area contributed by atoms with Crippen LogP contribution in [0.5, 0.6) is 0 Å². The Bertz CT molecular complexity index is 593. The van der Waals surface area contributed by atoms with Crippen LogP contribution in [0.4, 0.5) is 8.78 Å². The molecule has 1 aromatic carbocycles. The molecule has 0 bridgehead atoms. The van der Waals surface area contributed by atoms with E-state index in [4.69, 9.17) is 0 Å². The monoisotopic (exact) mass is 319 g/mol. The molecule has 1 fully saturated rings. The van der Waals surface area contributed by atoms with Gasteiger partial charge in [-0.05, 0) is 18.4 Å². The van der Waals surface area contributed by atoms with Crippen LogP contribution in [0.3, 0.4) is 0 Å². The van der Waals surface area contributed by atoms with Crippen LogP contribution in [0.25, 0.3) is 0 Å². The van der Waals surface area contributed by atoms with Crippen molar-refractivity contribution in [3.63, 3.8) is 0 Å². The van der Waals surface area contributed by atoms with Crippen molar-refractivity contribution >= 4 is 5.91 Å². The highest BCUT2D eigenvalue weighted by atomic mass is 19.3. The van der Waals surface area contributed by atoms with Crippen molar-refractivity contribution in [2.75, 3.05) is 0 Å². The highest BCUT2D eigenvalue weighted by Gasteiger charge is 2.67. The maximum atomic E-state index is 13.8.